The smallest absolute Gasteiger partial charge is 0.166 e. The number of hydrogen-bond donors (Lipinski definition) is 1. The van der Waals surface area contributed by atoms with Gasteiger partial charge in [0.25, 0.3) is 0 Å². The molecule has 2 aliphatic heterocycles. The molecule has 2 N–H and O–H groups in total. The molecule has 0 unspecified atom stereocenters. The minimum Gasteiger partial charge on any atom is -0.382 e. The summed E-state index contributed by atoms with van der Waals surface area (Å²) in [6.07, 6.45) is 5.21. The molecule has 1 aromatic heterocycles. The lowest BCUT2D eigenvalue weighted by molar-refractivity contribution is 0.756. The Labute approximate surface area is 167 Å². The highest BCUT2D eigenvalue weighted by molar-refractivity contribution is 9.11. The van der Waals surface area contributed by atoms with E-state index in [4.69, 9.17) is 10.7 Å². The van der Waals surface area contributed by atoms with Gasteiger partial charge in [0, 0.05) is 32.5 Å². The van der Waals surface area contributed by atoms with Gasteiger partial charge >= 0.3 is 0 Å². The van der Waals surface area contributed by atoms with E-state index >= 15 is 0 Å². The lowest BCUT2D eigenvalue weighted by Gasteiger charge is -2.13. The molecule has 0 aliphatic carbocycles. The summed E-state index contributed by atoms with van der Waals surface area (Å²) in [6, 6.07) is 8.02. The molecule has 3 heterocycles. The average molecular weight is 474 g/mol. The van der Waals surface area contributed by atoms with Crippen LogP contribution < -0.4 is 5.73 Å². The van der Waals surface area contributed by atoms with Gasteiger partial charge in [-0.2, -0.15) is 0 Å². The first-order valence-corrected chi connectivity index (χ1v) is 9.45. The third-order valence-corrected chi connectivity index (χ3v) is 5.53. The van der Waals surface area contributed by atoms with Gasteiger partial charge in [0.15, 0.2) is 23.2 Å². The lowest BCUT2D eigenvalue weighted by atomic mass is 10.1. The number of anilines is 1. The standard InChI is InChI=1S/C18H14Br2N6/c1-10-4-2-3-5-11(10)17-24-15-16(21)23-9-26(18(15)25-17)8-12-13(19)6-22-7-14(12)20/h2-7,9H,8,21H2,1H3. The van der Waals surface area contributed by atoms with Crippen molar-refractivity contribution >= 4 is 37.7 Å². The molecule has 0 radical (unpaired) electrons. The van der Waals surface area contributed by atoms with Crippen LogP contribution in [-0.4, -0.2) is 24.5 Å². The second-order valence-electron chi connectivity index (χ2n) is 5.87. The molecule has 0 bridgehead atoms. The van der Waals surface area contributed by atoms with Gasteiger partial charge in [-0.1, -0.05) is 24.3 Å². The van der Waals surface area contributed by atoms with E-state index in [-0.39, 0.29) is 0 Å². The number of nitrogens with two attached hydrogens (primary N) is 1. The van der Waals surface area contributed by atoms with Gasteiger partial charge in [0.2, 0.25) is 0 Å². The number of rotatable bonds is 3. The topological polar surface area (TPSA) is 82.5 Å². The number of hydrogen-bond acceptors (Lipinski definition) is 5. The van der Waals surface area contributed by atoms with Crippen molar-refractivity contribution in [3.05, 3.63) is 63.1 Å². The van der Waals surface area contributed by atoms with Crippen LogP contribution in [0.5, 0.6) is 0 Å². The number of aromatic nitrogens is 5. The summed E-state index contributed by atoms with van der Waals surface area (Å²) < 4.78 is 3.75. The summed E-state index contributed by atoms with van der Waals surface area (Å²) in [6.45, 7) is 2.59. The highest BCUT2D eigenvalue weighted by Crippen LogP contribution is 2.31. The van der Waals surface area contributed by atoms with Crippen molar-refractivity contribution in [2.45, 2.75) is 13.5 Å². The van der Waals surface area contributed by atoms with E-state index < -0.39 is 0 Å². The fourth-order valence-electron chi connectivity index (χ4n) is 2.77. The summed E-state index contributed by atoms with van der Waals surface area (Å²) in [5.41, 5.74) is 9.79. The first kappa shape index (κ1) is 17.1. The number of nitrogen functional groups attached to an aromatic ring is 1. The molecule has 0 spiro atoms. The molecule has 0 amide bonds. The van der Waals surface area contributed by atoms with Gasteiger partial charge in [-0.15, -0.1) is 0 Å². The van der Waals surface area contributed by atoms with Crippen LogP contribution >= 0.6 is 31.9 Å². The predicted molar refractivity (Wildman–Crippen MR) is 108 cm³/mol. The molecule has 1 aromatic carbocycles. The van der Waals surface area contributed by atoms with E-state index in [0.717, 1.165) is 25.6 Å². The van der Waals surface area contributed by atoms with E-state index in [1.54, 1.807) is 18.7 Å². The first-order chi connectivity index (χ1) is 12.5. The first-order valence-electron chi connectivity index (χ1n) is 7.87. The Morgan fingerprint density at radius 1 is 1.08 bits per heavy atom. The van der Waals surface area contributed by atoms with Crippen molar-refractivity contribution in [2.24, 2.45) is 0 Å². The minimum absolute atomic E-state index is 0.372. The molecular formula is C18H14Br2N6. The molecule has 8 heteroatoms. The molecule has 2 aromatic rings. The molecule has 0 saturated heterocycles. The number of benzene rings is 1. The summed E-state index contributed by atoms with van der Waals surface area (Å²) in [5, 5.41) is 0. The Morgan fingerprint density at radius 3 is 2.54 bits per heavy atom. The maximum Gasteiger partial charge on any atom is 0.166 e. The van der Waals surface area contributed by atoms with E-state index in [1.807, 2.05) is 35.8 Å². The van der Waals surface area contributed by atoms with Crippen LogP contribution in [0.25, 0.3) is 22.9 Å². The van der Waals surface area contributed by atoms with Crippen molar-refractivity contribution in [3.63, 3.8) is 0 Å². The fourth-order valence-corrected chi connectivity index (χ4v) is 3.95. The van der Waals surface area contributed by atoms with Crippen LogP contribution in [0.1, 0.15) is 11.1 Å². The molecule has 4 rings (SSSR count). The average Bonchev–Trinajstić information content (AvgIpc) is 3.07. The molecule has 0 atom stereocenters. The van der Waals surface area contributed by atoms with E-state index in [0.29, 0.717) is 29.7 Å². The van der Waals surface area contributed by atoms with Crippen molar-refractivity contribution in [2.75, 3.05) is 5.73 Å². The molecule has 6 nitrogen and oxygen atoms in total. The summed E-state index contributed by atoms with van der Waals surface area (Å²) in [7, 11) is 0. The number of aryl methyl sites for hydroxylation is 1. The molecule has 0 fully saturated rings. The Morgan fingerprint density at radius 2 is 1.81 bits per heavy atom. The van der Waals surface area contributed by atoms with Crippen molar-refractivity contribution in [1.29, 1.82) is 0 Å². The highest BCUT2D eigenvalue weighted by atomic mass is 79.9. The van der Waals surface area contributed by atoms with E-state index in [1.165, 1.54) is 0 Å². The summed E-state index contributed by atoms with van der Waals surface area (Å²) >= 11 is 7.10. The largest absolute Gasteiger partial charge is 0.382 e. The van der Waals surface area contributed by atoms with Crippen LogP contribution in [0.2, 0.25) is 0 Å². The minimum atomic E-state index is 0.372. The van der Waals surface area contributed by atoms with Crippen LogP contribution in [0.3, 0.4) is 0 Å². The Kier molecular flexibility index (Phi) is 4.46. The fraction of sp³-hybridized carbons (Fsp3) is 0.111. The Hall–Kier alpha value is -2.32. The number of fused-ring (bicyclic) bond motifs is 1. The third kappa shape index (κ3) is 2.99. The van der Waals surface area contributed by atoms with Crippen LogP contribution in [0.15, 0.2) is 51.9 Å². The number of pyridine rings is 1. The highest BCUT2D eigenvalue weighted by Gasteiger charge is 2.21. The van der Waals surface area contributed by atoms with Crippen LogP contribution in [-0.2, 0) is 6.54 Å². The van der Waals surface area contributed by atoms with Crippen LogP contribution in [0.4, 0.5) is 5.82 Å². The maximum atomic E-state index is 6.05. The van der Waals surface area contributed by atoms with Crippen molar-refractivity contribution < 1.29 is 0 Å². The maximum absolute atomic E-state index is 6.05. The summed E-state index contributed by atoms with van der Waals surface area (Å²) in [4.78, 5) is 17.8. The van der Waals surface area contributed by atoms with E-state index in [9.17, 15) is 0 Å². The van der Waals surface area contributed by atoms with Crippen LogP contribution in [0, 0.1) is 6.92 Å². The van der Waals surface area contributed by atoms with E-state index in [2.05, 4.69) is 46.8 Å². The SMILES string of the molecule is Cc1ccccc1-c1nc2c(N)ncn(Cc3c(Br)cncc3Br)c-2n1. The Balaban J connectivity index is 1.85. The zero-order chi connectivity index (χ0) is 18.3. The second kappa shape index (κ2) is 6.77. The molecule has 0 saturated carbocycles. The second-order valence-corrected chi connectivity index (χ2v) is 7.58. The number of halogens is 2. The van der Waals surface area contributed by atoms with Crippen molar-refractivity contribution in [3.8, 4) is 22.9 Å². The molecule has 130 valence electrons. The van der Waals surface area contributed by atoms with Crippen molar-refractivity contribution in [1.82, 2.24) is 24.5 Å². The zero-order valence-corrected chi connectivity index (χ0v) is 17.0. The number of nitrogens with zero attached hydrogens (tertiary/aromatic N) is 5. The van der Waals surface area contributed by atoms with Gasteiger partial charge in [-0.05, 0) is 44.3 Å². The molecule has 2 aliphatic rings. The normalized spacial score (nSPS) is 11.2. The van der Waals surface area contributed by atoms with Gasteiger partial charge in [0.05, 0.1) is 12.9 Å². The van der Waals surface area contributed by atoms with Gasteiger partial charge < -0.3 is 10.3 Å². The van der Waals surface area contributed by atoms with Gasteiger partial charge in [-0.3, -0.25) is 4.98 Å². The lowest BCUT2D eigenvalue weighted by Crippen LogP contribution is -2.10. The zero-order valence-electron chi connectivity index (χ0n) is 13.8. The van der Waals surface area contributed by atoms with Gasteiger partial charge in [-0.25, -0.2) is 15.0 Å². The monoisotopic (exact) mass is 472 g/mol. The van der Waals surface area contributed by atoms with Gasteiger partial charge in [0.1, 0.15) is 0 Å². The molecular weight excluding hydrogens is 460 g/mol. The summed E-state index contributed by atoms with van der Waals surface area (Å²) in [5.74, 6) is 1.72. The third-order valence-electron chi connectivity index (χ3n) is 4.16. The molecule has 26 heavy (non-hydrogen) atoms. The quantitative estimate of drug-likeness (QED) is 0.479. The Bertz CT molecular complexity index is 1050. The number of imidazole rings is 1. The predicted octanol–water partition coefficient (Wildman–Crippen LogP) is 4.30.